The third-order valence-corrected chi connectivity index (χ3v) is 4.28. The third-order valence-electron chi connectivity index (χ3n) is 4.03. The number of halogens is 4. The molecule has 8 heteroatoms. The summed E-state index contributed by atoms with van der Waals surface area (Å²) in [6, 6.07) is 16.1. The van der Waals surface area contributed by atoms with Gasteiger partial charge in [0.1, 0.15) is 5.82 Å². The molecule has 4 nitrogen and oxygen atoms in total. The molecule has 1 heterocycles. The molecule has 3 rings (SSSR count). The molecule has 2 aromatic carbocycles. The zero-order valence-electron chi connectivity index (χ0n) is 15.7. The Labute approximate surface area is 171 Å². The maximum atomic E-state index is 13.3. The normalized spacial score (nSPS) is 11.7. The highest BCUT2D eigenvalue weighted by Gasteiger charge is 2.32. The first-order valence-electron chi connectivity index (χ1n) is 8.64. The van der Waals surface area contributed by atoms with Gasteiger partial charge in [-0.2, -0.15) is 18.3 Å². The van der Waals surface area contributed by atoms with Gasteiger partial charge >= 0.3 is 6.18 Å². The molecule has 0 bridgehead atoms. The van der Waals surface area contributed by atoms with Crippen molar-refractivity contribution in [2.45, 2.75) is 6.18 Å². The lowest BCUT2D eigenvalue weighted by Gasteiger charge is -2.16. The van der Waals surface area contributed by atoms with Gasteiger partial charge in [-0.15, -0.1) is 0 Å². The molecule has 0 fully saturated rings. The van der Waals surface area contributed by atoms with Crippen molar-refractivity contribution in [1.82, 2.24) is 4.98 Å². The van der Waals surface area contributed by atoms with Crippen LogP contribution in [0.3, 0.4) is 0 Å². The molecular weight excluding hydrogens is 401 g/mol. The summed E-state index contributed by atoms with van der Waals surface area (Å²) in [6.45, 7) is 0. The van der Waals surface area contributed by atoms with E-state index in [1.807, 2.05) is 0 Å². The summed E-state index contributed by atoms with van der Waals surface area (Å²) in [5.41, 5.74) is 4.41. The number of alkyl halides is 3. The van der Waals surface area contributed by atoms with E-state index < -0.39 is 11.7 Å². The number of pyridine rings is 1. The lowest BCUT2D eigenvalue weighted by atomic mass is 10.1. The Hall–Kier alpha value is -3.06. The number of nitrogens with zero attached hydrogens (tertiary/aromatic N) is 3. The van der Waals surface area contributed by atoms with Crippen molar-refractivity contribution in [3.63, 3.8) is 0 Å². The van der Waals surface area contributed by atoms with E-state index in [0.717, 1.165) is 23.4 Å². The lowest BCUT2D eigenvalue weighted by Crippen LogP contribution is -2.14. The third kappa shape index (κ3) is 5.48. The van der Waals surface area contributed by atoms with Crippen molar-refractivity contribution in [3.05, 3.63) is 76.8 Å². The number of benzene rings is 2. The minimum absolute atomic E-state index is 0.235. The highest BCUT2D eigenvalue weighted by Crippen LogP contribution is 2.34. The van der Waals surface area contributed by atoms with Gasteiger partial charge in [-0.1, -0.05) is 29.8 Å². The smallest absolute Gasteiger partial charge is 0.363 e. The Morgan fingerprint density at radius 2 is 1.76 bits per heavy atom. The van der Waals surface area contributed by atoms with Crippen LogP contribution in [0.1, 0.15) is 11.1 Å². The van der Waals surface area contributed by atoms with Crippen LogP contribution in [0.25, 0.3) is 11.3 Å². The Bertz CT molecular complexity index is 1020. The fraction of sp³-hybridized carbons (Fsp3) is 0.143. The fourth-order valence-electron chi connectivity index (χ4n) is 2.54. The Balaban J connectivity index is 1.87. The molecule has 0 spiro atoms. The lowest BCUT2D eigenvalue weighted by molar-refractivity contribution is -0.137. The van der Waals surface area contributed by atoms with Crippen LogP contribution in [0.4, 0.5) is 24.7 Å². The average Bonchev–Trinajstić information content (AvgIpc) is 2.69. The van der Waals surface area contributed by atoms with Gasteiger partial charge in [0.05, 0.1) is 23.2 Å². The van der Waals surface area contributed by atoms with Crippen LogP contribution >= 0.6 is 11.6 Å². The number of aromatic nitrogens is 1. The molecule has 1 N–H and O–H groups in total. The summed E-state index contributed by atoms with van der Waals surface area (Å²) >= 11 is 5.84. The van der Waals surface area contributed by atoms with Crippen LogP contribution in [0.15, 0.2) is 65.8 Å². The first kappa shape index (κ1) is 20.7. The van der Waals surface area contributed by atoms with E-state index in [2.05, 4.69) is 15.5 Å². The van der Waals surface area contributed by atoms with E-state index in [4.69, 9.17) is 11.6 Å². The number of hydrogen-bond acceptors (Lipinski definition) is 4. The maximum absolute atomic E-state index is 13.3. The molecule has 150 valence electrons. The van der Waals surface area contributed by atoms with Gasteiger partial charge in [-0.25, -0.2) is 4.98 Å². The van der Waals surface area contributed by atoms with Crippen molar-refractivity contribution < 1.29 is 13.2 Å². The Morgan fingerprint density at radius 3 is 2.41 bits per heavy atom. The molecule has 0 atom stereocenters. The SMILES string of the molecule is CN(C)c1cc(C(F)(F)F)cc(-c2cccc(/C=N/Nc3ccc(Cl)cc3)c2)n1. The molecule has 0 amide bonds. The molecule has 29 heavy (non-hydrogen) atoms. The predicted molar refractivity (Wildman–Crippen MR) is 112 cm³/mol. The second kappa shape index (κ2) is 8.53. The van der Waals surface area contributed by atoms with Gasteiger partial charge in [-0.05, 0) is 48.0 Å². The zero-order chi connectivity index (χ0) is 21.0. The predicted octanol–water partition coefficient (Wildman–Crippen LogP) is 5.93. The van der Waals surface area contributed by atoms with Crippen LogP contribution in [0, 0.1) is 0 Å². The molecule has 0 unspecified atom stereocenters. The van der Waals surface area contributed by atoms with Crippen molar-refractivity contribution in [2.24, 2.45) is 5.10 Å². The van der Waals surface area contributed by atoms with Gasteiger partial charge in [0.25, 0.3) is 0 Å². The number of anilines is 2. The summed E-state index contributed by atoms with van der Waals surface area (Å²) in [7, 11) is 3.30. The van der Waals surface area contributed by atoms with E-state index in [-0.39, 0.29) is 11.5 Å². The van der Waals surface area contributed by atoms with E-state index in [1.54, 1.807) is 73.7 Å². The van der Waals surface area contributed by atoms with Gasteiger partial charge < -0.3 is 4.90 Å². The summed E-state index contributed by atoms with van der Waals surface area (Å²) in [5.74, 6) is 0.235. The first-order chi connectivity index (χ1) is 13.7. The van der Waals surface area contributed by atoms with E-state index >= 15 is 0 Å². The van der Waals surface area contributed by atoms with Gasteiger partial charge in [0.15, 0.2) is 0 Å². The Kier molecular flexibility index (Phi) is 6.08. The van der Waals surface area contributed by atoms with E-state index in [0.29, 0.717) is 10.6 Å². The van der Waals surface area contributed by atoms with Gasteiger partial charge in [-0.3, -0.25) is 5.43 Å². The monoisotopic (exact) mass is 418 g/mol. The largest absolute Gasteiger partial charge is 0.416 e. The Morgan fingerprint density at radius 1 is 1.03 bits per heavy atom. The number of rotatable bonds is 5. The number of hydrazone groups is 1. The molecule has 1 aromatic heterocycles. The fourth-order valence-corrected chi connectivity index (χ4v) is 2.67. The molecule has 0 aliphatic carbocycles. The second-order valence-electron chi connectivity index (χ2n) is 6.49. The van der Waals surface area contributed by atoms with Gasteiger partial charge in [0, 0.05) is 24.7 Å². The van der Waals surface area contributed by atoms with Crippen molar-refractivity contribution in [1.29, 1.82) is 0 Å². The molecule has 0 radical (unpaired) electrons. The standard InChI is InChI=1S/C21H18ClF3N4/c1-29(2)20-12-16(21(23,24)25)11-19(27-20)15-5-3-4-14(10-15)13-26-28-18-8-6-17(22)7-9-18/h3-13,28H,1-2H3/b26-13+. The van der Waals surface area contributed by atoms with Crippen LogP contribution in [-0.2, 0) is 6.18 Å². The molecule has 0 aliphatic heterocycles. The van der Waals surface area contributed by atoms with Crippen molar-refractivity contribution in [3.8, 4) is 11.3 Å². The summed E-state index contributed by atoms with van der Waals surface area (Å²) in [6.07, 6.45) is -2.87. The molecule has 3 aromatic rings. The summed E-state index contributed by atoms with van der Waals surface area (Å²) < 4.78 is 39.8. The van der Waals surface area contributed by atoms with Crippen LogP contribution < -0.4 is 10.3 Å². The number of hydrogen-bond donors (Lipinski definition) is 1. The summed E-state index contributed by atoms with van der Waals surface area (Å²) in [4.78, 5) is 5.89. The van der Waals surface area contributed by atoms with Crippen LogP contribution in [-0.4, -0.2) is 25.3 Å². The average molecular weight is 419 g/mol. The first-order valence-corrected chi connectivity index (χ1v) is 9.02. The highest BCUT2D eigenvalue weighted by atomic mass is 35.5. The minimum atomic E-state index is -4.45. The van der Waals surface area contributed by atoms with Crippen molar-refractivity contribution in [2.75, 3.05) is 24.4 Å². The molecule has 0 saturated heterocycles. The quantitative estimate of drug-likeness (QED) is 0.412. The van der Waals surface area contributed by atoms with Crippen molar-refractivity contribution >= 4 is 29.3 Å². The molecule has 0 aliphatic rings. The van der Waals surface area contributed by atoms with Crippen LogP contribution in [0.5, 0.6) is 0 Å². The second-order valence-corrected chi connectivity index (χ2v) is 6.93. The minimum Gasteiger partial charge on any atom is -0.363 e. The number of nitrogens with one attached hydrogen (secondary N) is 1. The molecular formula is C21H18ClF3N4. The van der Waals surface area contributed by atoms with Crippen LogP contribution in [0.2, 0.25) is 5.02 Å². The topological polar surface area (TPSA) is 40.5 Å². The summed E-state index contributed by atoms with van der Waals surface area (Å²) in [5, 5.41) is 4.78. The van der Waals surface area contributed by atoms with E-state index in [9.17, 15) is 13.2 Å². The van der Waals surface area contributed by atoms with E-state index in [1.165, 1.54) is 0 Å². The highest BCUT2D eigenvalue weighted by molar-refractivity contribution is 6.30. The zero-order valence-corrected chi connectivity index (χ0v) is 16.5. The molecule has 0 saturated carbocycles. The maximum Gasteiger partial charge on any atom is 0.416 e. The van der Waals surface area contributed by atoms with Gasteiger partial charge in [0.2, 0.25) is 0 Å².